The highest BCUT2D eigenvalue weighted by atomic mass is 16.3. The summed E-state index contributed by atoms with van der Waals surface area (Å²) in [6, 6.07) is 9.53. The molecule has 5 nitrogen and oxygen atoms in total. The van der Waals surface area contributed by atoms with Crippen LogP contribution >= 0.6 is 0 Å². The molecule has 1 heterocycles. The second kappa shape index (κ2) is 7.13. The summed E-state index contributed by atoms with van der Waals surface area (Å²) in [6.45, 7) is 4.32. The van der Waals surface area contributed by atoms with Crippen molar-refractivity contribution >= 4 is 17.0 Å². The summed E-state index contributed by atoms with van der Waals surface area (Å²) >= 11 is 0. The van der Waals surface area contributed by atoms with Gasteiger partial charge in [-0.25, -0.2) is 4.79 Å². The van der Waals surface area contributed by atoms with Gasteiger partial charge in [-0.2, -0.15) is 0 Å². The van der Waals surface area contributed by atoms with Gasteiger partial charge in [0, 0.05) is 31.0 Å². The SMILES string of the molecule is CC(CO)C(C)NC(=O)NCCc1cc2ccccc2o1. The Kier molecular flexibility index (Phi) is 5.22. The first-order valence-corrected chi connectivity index (χ1v) is 7.23. The third-order valence-corrected chi connectivity index (χ3v) is 3.63. The first kappa shape index (κ1) is 15.4. The van der Waals surface area contributed by atoms with Crippen LogP contribution in [-0.2, 0) is 6.42 Å². The molecule has 2 rings (SSSR count). The van der Waals surface area contributed by atoms with E-state index in [9.17, 15) is 4.79 Å². The Morgan fingerprint density at radius 3 is 2.81 bits per heavy atom. The lowest BCUT2D eigenvalue weighted by atomic mass is 10.1. The number of hydrogen-bond donors (Lipinski definition) is 3. The quantitative estimate of drug-likeness (QED) is 0.764. The number of rotatable bonds is 6. The number of hydrogen-bond acceptors (Lipinski definition) is 3. The van der Waals surface area contributed by atoms with Crippen molar-refractivity contribution in [3.63, 3.8) is 0 Å². The summed E-state index contributed by atoms with van der Waals surface area (Å²) in [7, 11) is 0. The first-order chi connectivity index (χ1) is 10.1. The largest absolute Gasteiger partial charge is 0.461 e. The van der Waals surface area contributed by atoms with Crippen molar-refractivity contribution in [3.05, 3.63) is 36.1 Å². The second-order valence-corrected chi connectivity index (χ2v) is 5.35. The van der Waals surface area contributed by atoms with E-state index in [0.29, 0.717) is 13.0 Å². The fourth-order valence-electron chi connectivity index (χ4n) is 2.02. The van der Waals surface area contributed by atoms with Gasteiger partial charge in [0.05, 0.1) is 0 Å². The topological polar surface area (TPSA) is 74.5 Å². The molecule has 114 valence electrons. The molecule has 0 bridgehead atoms. The van der Waals surface area contributed by atoms with E-state index in [1.807, 2.05) is 44.2 Å². The summed E-state index contributed by atoms with van der Waals surface area (Å²) in [5.74, 6) is 0.888. The lowest BCUT2D eigenvalue weighted by Gasteiger charge is -2.19. The van der Waals surface area contributed by atoms with Crippen molar-refractivity contribution < 1.29 is 14.3 Å². The molecule has 1 aromatic carbocycles. The van der Waals surface area contributed by atoms with Crippen LogP contribution < -0.4 is 10.6 Å². The standard InChI is InChI=1S/C16H22N2O3/c1-11(10-19)12(2)18-16(20)17-8-7-14-9-13-5-3-4-6-15(13)21-14/h3-6,9,11-12,19H,7-8,10H2,1-2H3,(H2,17,18,20). The zero-order chi connectivity index (χ0) is 15.2. The van der Waals surface area contributed by atoms with Gasteiger partial charge >= 0.3 is 6.03 Å². The van der Waals surface area contributed by atoms with E-state index in [0.717, 1.165) is 16.7 Å². The maximum atomic E-state index is 11.7. The van der Waals surface area contributed by atoms with Crippen molar-refractivity contribution in [2.24, 2.45) is 5.92 Å². The van der Waals surface area contributed by atoms with Crippen LogP contribution in [0.25, 0.3) is 11.0 Å². The van der Waals surface area contributed by atoms with E-state index in [4.69, 9.17) is 9.52 Å². The van der Waals surface area contributed by atoms with Gasteiger partial charge in [0.1, 0.15) is 11.3 Å². The molecule has 2 amide bonds. The molecular weight excluding hydrogens is 268 g/mol. The molecule has 2 atom stereocenters. The molecule has 2 unspecified atom stereocenters. The van der Waals surface area contributed by atoms with Crippen LogP contribution in [0.5, 0.6) is 0 Å². The Labute approximate surface area is 124 Å². The molecule has 3 N–H and O–H groups in total. The molecule has 0 radical (unpaired) electrons. The molecule has 5 heteroatoms. The number of furan rings is 1. The van der Waals surface area contributed by atoms with Crippen LogP contribution in [-0.4, -0.2) is 30.3 Å². The lowest BCUT2D eigenvalue weighted by molar-refractivity contribution is 0.200. The van der Waals surface area contributed by atoms with Crippen molar-refractivity contribution in [1.82, 2.24) is 10.6 Å². The van der Waals surface area contributed by atoms with E-state index < -0.39 is 0 Å². The highest BCUT2D eigenvalue weighted by Gasteiger charge is 2.13. The number of aliphatic hydroxyl groups excluding tert-OH is 1. The molecule has 21 heavy (non-hydrogen) atoms. The Morgan fingerprint density at radius 2 is 2.10 bits per heavy atom. The molecular formula is C16H22N2O3. The van der Waals surface area contributed by atoms with E-state index in [1.165, 1.54) is 0 Å². The van der Waals surface area contributed by atoms with Gasteiger partial charge in [0.2, 0.25) is 0 Å². The highest BCUT2D eigenvalue weighted by molar-refractivity contribution is 5.77. The summed E-state index contributed by atoms with van der Waals surface area (Å²) in [5, 5.41) is 15.7. The number of urea groups is 1. The van der Waals surface area contributed by atoms with E-state index in [-0.39, 0.29) is 24.6 Å². The monoisotopic (exact) mass is 290 g/mol. The van der Waals surface area contributed by atoms with Crippen molar-refractivity contribution in [2.75, 3.05) is 13.2 Å². The highest BCUT2D eigenvalue weighted by Crippen LogP contribution is 2.18. The first-order valence-electron chi connectivity index (χ1n) is 7.23. The minimum absolute atomic E-state index is 0.0334. The molecule has 0 spiro atoms. The Bertz CT molecular complexity index is 561. The number of fused-ring (bicyclic) bond motifs is 1. The molecule has 0 fully saturated rings. The van der Waals surface area contributed by atoms with Crippen molar-refractivity contribution in [3.8, 4) is 0 Å². The van der Waals surface area contributed by atoms with E-state index in [2.05, 4.69) is 10.6 Å². The lowest BCUT2D eigenvalue weighted by Crippen LogP contribution is -2.44. The van der Waals surface area contributed by atoms with Crippen LogP contribution in [0.4, 0.5) is 4.79 Å². The third kappa shape index (κ3) is 4.23. The zero-order valence-electron chi connectivity index (χ0n) is 12.4. The average Bonchev–Trinajstić information content (AvgIpc) is 2.88. The fraction of sp³-hybridized carbons (Fsp3) is 0.438. The van der Waals surface area contributed by atoms with Gasteiger partial charge < -0.3 is 20.2 Å². The van der Waals surface area contributed by atoms with Gasteiger partial charge in [-0.15, -0.1) is 0 Å². The number of aliphatic hydroxyl groups is 1. The number of amides is 2. The molecule has 0 aliphatic heterocycles. The zero-order valence-corrected chi connectivity index (χ0v) is 12.4. The van der Waals surface area contributed by atoms with E-state index >= 15 is 0 Å². The predicted molar refractivity (Wildman–Crippen MR) is 82.2 cm³/mol. The Hall–Kier alpha value is -2.01. The average molecular weight is 290 g/mol. The summed E-state index contributed by atoms with van der Waals surface area (Å²) in [6.07, 6.45) is 0.645. The molecule has 2 aromatic rings. The molecule has 0 aliphatic rings. The van der Waals surface area contributed by atoms with Gasteiger partial charge in [-0.1, -0.05) is 25.1 Å². The van der Waals surface area contributed by atoms with Crippen LogP contribution in [0.3, 0.4) is 0 Å². The smallest absolute Gasteiger partial charge is 0.315 e. The fourth-order valence-corrected chi connectivity index (χ4v) is 2.02. The molecule has 0 saturated heterocycles. The van der Waals surface area contributed by atoms with Gasteiger partial charge in [0.25, 0.3) is 0 Å². The van der Waals surface area contributed by atoms with Gasteiger partial charge in [-0.05, 0) is 25.0 Å². The maximum absolute atomic E-state index is 11.7. The molecule has 0 aliphatic carbocycles. The van der Waals surface area contributed by atoms with Gasteiger partial charge in [-0.3, -0.25) is 0 Å². The Morgan fingerprint density at radius 1 is 1.33 bits per heavy atom. The number of carbonyl (C=O) groups excluding carboxylic acids is 1. The number of benzene rings is 1. The second-order valence-electron chi connectivity index (χ2n) is 5.35. The normalized spacial score (nSPS) is 13.9. The number of para-hydroxylation sites is 1. The summed E-state index contributed by atoms with van der Waals surface area (Å²) < 4.78 is 5.68. The van der Waals surface area contributed by atoms with Crippen LogP contribution in [0.2, 0.25) is 0 Å². The summed E-state index contributed by atoms with van der Waals surface area (Å²) in [4.78, 5) is 11.7. The van der Waals surface area contributed by atoms with Crippen LogP contribution in [0.15, 0.2) is 34.7 Å². The van der Waals surface area contributed by atoms with Crippen molar-refractivity contribution in [1.29, 1.82) is 0 Å². The van der Waals surface area contributed by atoms with Gasteiger partial charge in [0.15, 0.2) is 0 Å². The predicted octanol–water partition coefficient (Wildman–Crippen LogP) is 2.29. The Balaban J connectivity index is 1.77. The minimum Gasteiger partial charge on any atom is -0.461 e. The van der Waals surface area contributed by atoms with Crippen LogP contribution in [0.1, 0.15) is 19.6 Å². The summed E-state index contributed by atoms with van der Waals surface area (Å²) in [5.41, 5.74) is 0.863. The third-order valence-electron chi connectivity index (χ3n) is 3.63. The molecule has 0 saturated carbocycles. The van der Waals surface area contributed by atoms with Crippen LogP contribution in [0, 0.1) is 5.92 Å². The minimum atomic E-state index is -0.223. The number of carbonyl (C=O) groups is 1. The number of nitrogens with one attached hydrogen (secondary N) is 2. The maximum Gasteiger partial charge on any atom is 0.315 e. The molecule has 1 aromatic heterocycles. The van der Waals surface area contributed by atoms with E-state index in [1.54, 1.807) is 0 Å². The van der Waals surface area contributed by atoms with Crippen molar-refractivity contribution in [2.45, 2.75) is 26.3 Å².